The van der Waals surface area contributed by atoms with Gasteiger partial charge in [-0.15, -0.1) is 0 Å². The van der Waals surface area contributed by atoms with Crippen molar-refractivity contribution >= 4 is 22.6 Å². The lowest BCUT2D eigenvalue weighted by Gasteiger charge is -2.02. The average molecular weight is 300 g/mol. The second kappa shape index (κ2) is 4.00. The van der Waals surface area contributed by atoms with Gasteiger partial charge < -0.3 is 4.74 Å². The van der Waals surface area contributed by atoms with E-state index in [0.29, 0.717) is 0 Å². The second-order valence-corrected chi connectivity index (χ2v) is 3.89. The molecule has 1 aromatic carbocycles. The van der Waals surface area contributed by atoms with Gasteiger partial charge in [0.2, 0.25) is 0 Å². The topological polar surface area (TPSA) is 27.1 Å². The molecule has 0 aliphatic rings. The van der Waals surface area contributed by atoms with Crippen molar-refractivity contribution in [3.63, 3.8) is 0 Å². The fraction of sp³-hybridized carbons (Fsp3) is 0.100. The highest BCUT2D eigenvalue weighted by atomic mass is 127. The molecule has 0 aliphatic carbocycles. The van der Waals surface area contributed by atoms with Crippen LogP contribution in [0.15, 0.2) is 36.5 Å². The van der Waals surface area contributed by atoms with Crippen LogP contribution < -0.4 is 4.74 Å². The minimum absolute atomic E-state index is 0.857. The van der Waals surface area contributed by atoms with Crippen LogP contribution >= 0.6 is 22.6 Å². The molecule has 2 rings (SSSR count). The first-order valence-corrected chi connectivity index (χ1v) is 5.23. The number of benzene rings is 1. The van der Waals surface area contributed by atoms with Gasteiger partial charge in [0.1, 0.15) is 9.45 Å². The number of hydrogen-bond donors (Lipinski definition) is 0. The lowest BCUT2D eigenvalue weighted by molar-refractivity contribution is 0.414. The van der Waals surface area contributed by atoms with Gasteiger partial charge in [-0.25, -0.2) is 4.68 Å². The van der Waals surface area contributed by atoms with Crippen LogP contribution in [0.5, 0.6) is 5.75 Å². The summed E-state index contributed by atoms with van der Waals surface area (Å²) in [5.74, 6) is 0.857. The van der Waals surface area contributed by atoms with Gasteiger partial charge in [0.25, 0.3) is 0 Å². The molecule has 14 heavy (non-hydrogen) atoms. The van der Waals surface area contributed by atoms with E-state index in [1.165, 1.54) is 0 Å². The van der Waals surface area contributed by atoms with Gasteiger partial charge in [0.15, 0.2) is 0 Å². The van der Waals surface area contributed by atoms with Gasteiger partial charge in [0.05, 0.1) is 12.8 Å². The Morgan fingerprint density at radius 1 is 1.21 bits per heavy atom. The van der Waals surface area contributed by atoms with Crippen molar-refractivity contribution in [2.24, 2.45) is 0 Å². The highest BCUT2D eigenvalue weighted by Gasteiger charge is 1.98. The van der Waals surface area contributed by atoms with Crippen LogP contribution in [0.4, 0.5) is 0 Å². The Kier molecular flexibility index (Phi) is 2.72. The maximum atomic E-state index is 5.08. The molecule has 0 fully saturated rings. The number of methoxy groups -OCH3 is 1. The summed E-state index contributed by atoms with van der Waals surface area (Å²) in [4.78, 5) is 0. The molecule has 4 heteroatoms. The maximum Gasteiger partial charge on any atom is 0.123 e. The number of aromatic nitrogens is 2. The van der Waals surface area contributed by atoms with E-state index in [9.17, 15) is 0 Å². The number of nitrogens with zero attached hydrogens (tertiary/aromatic N) is 2. The van der Waals surface area contributed by atoms with Crippen molar-refractivity contribution in [3.8, 4) is 11.4 Å². The van der Waals surface area contributed by atoms with E-state index in [-0.39, 0.29) is 0 Å². The second-order valence-electron chi connectivity index (χ2n) is 2.78. The molecule has 0 aliphatic heterocycles. The molecule has 0 unspecified atom stereocenters. The van der Waals surface area contributed by atoms with Crippen LogP contribution in [0.3, 0.4) is 0 Å². The zero-order chi connectivity index (χ0) is 9.97. The zero-order valence-electron chi connectivity index (χ0n) is 7.64. The summed E-state index contributed by atoms with van der Waals surface area (Å²) in [6.45, 7) is 0. The Balaban J connectivity index is 2.33. The lowest BCUT2D eigenvalue weighted by atomic mass is 10.3. The van der Waals surface area contributed by atoms with E-state index >= 15 is 0 Å². The third-order valence-electron chi connectivity index (χ3n) is 1.89. The van der Waals surface area contributed by atoms with Crippen molar-refractivity contribution < 1.29 is 4.74 Å². The van der Waals surface area contributed by atoms with E-state index in [0.717, 1.165) is 15.1 Å². The summed E-state index contributed by atoms with van der Waals surface area (Å²) in [6, 6.07) is 9.75. The smallest absolute Gasteiger partial charge is 0.123 e. The van der Waals surface area contributed by atoms with Crippen molar-refractivity contribution in [3.05, 3.63) is 40.2 Å². The average Bonchev–Trinajstić information content (AvgIpc) is 2.65. The normalized spacial score (nSPS) is 10.1. The van der Waals surface area contributed by atoms with Crippen LogP contribution in [-0.2, 0) is 0 Å². The first-order valence-electron chi connectivity index (χ1n) is 4.15. The van der Waals surface area contributed by atoms with Crippen LogP contribution in [0.2, 0.25) is 0 Å². The van der Waals surface area contributed by atoms with Gasteiger partial charge in [-0.05, 0) is 52.9 Å². The van der Waals surface area contributed by atoms with E-state index in [1.807, 2.05) is 41.2 Å². The fourth-order valence-electron chi connectivity index (χ4n) is 1.18. The highest BCUT2D eigenvalue weighted by Crippen LogP contribution is 2.14. The molecule has 72 valence electrons. The highest BCUT2D eigenvalue weighted by molar-refractivity contribution is 14.1. The lowest BCUT2D eigenvalue weighted by Crippen LogP contribution is -1.94. The summed E-state index contributed by atoms with van der Waals surface area (Å²) < 4.78 is 7.90. The Hall–Kier alpha value is -1.04. The van der Waals surface area contributed by atoms with E-state index in [2.05, 4.69) is 27.7 Å². The molecule has 0 saturated carbocycles. The van der Waals surface area contributed by atoms with E-state index < -0.39 is 0 Å². The molecular formula is C10H9IN2O. The number of ether oxygens (including phenoxy) is 1. The number of rotatable bonds is 2. The molecule has 1 heterocycles. The molecule has 0 N–H and O–H groups in total. The SMILES string of the molecule is COc1ccc(-n2ccc(I)n2)cc1. The Bertz CT molecular complexity index is 422. The minimum Gasteiger partial charge on any atom is -0.497 e. The summed E-state index contributed by atoms with van der Waals surface area (Å²) in [6.07, 6.45) is 1.93. The van der Waals surface area contributed by atoms with Gasteiger partial charge in [-0.2, -0.15) is 5.10 Å². The Labute approximate surface area is 95.8 Å². The predicted molar refractivity (Wildman–Crippen MR) is 62.8 cm³/mol. The molecule has 1 aromatic heterocycles. The zero-order valence-corrected chi connectivity index (χ0v) is 9.80. The van der Waals surface area contributed by atoms with Gasteiger partial charge in [0, 0.05) is 6.20 Å². The Morgan fingerprint density at radius 3 is 2.43 bits per heavy atom. The van der Waals surface area contributed by atoms with Gasteiger partial charge in [-0.3, -0.25) is 0 Å². The monoisotopic (exact) mass is 300 g/mol. The first kappa shape index (κ1) is 9.51. The van der Waals surface area contributed by atoms with Crippen molar-refractivity contribution in [2.45, 2.75) is 0 Å². The van der Waals surface area contributed by atoms with Crippen LogP contribution in [0.25, 0.3) is 5.69 Å². The quantitative estimate of drug-likeness (QED) is 0.797. The molecule has 0 spiro atoms. The largest absolute Gasteiger partial charge is 0.497 e. The van der Waals surface area contributed by atoms with Gasteiger partial charge >= 0.3 is 0 Å². The number of hydrogen-bond acceptors (Lipinski definition) is 2. The predicted octanol–water partition coefficient (Wildman–Crippen LogP) is 2.49. The molecule has 0 atom stereocenters. The third kappa shape index (κ3) is 1.89. The molecule has 2 aromatic rings. The van der Waals surface area contributed by atoms with Crippen molar-refractivity contribution in [2.75, 3.05) is 7.11 Å². The third-order valence-corrected chi connectivity index (χ3v) is 2.47. The molecule has 3 nitrogen and oxygen atoms in total. The standard InChI is InChI=1S/C10H9IN2O/c1-14-9-4-2-8(3-5-9)13-7-6-10(11)12-13/h2-7H,1H3. The van der Waals surface area contributed by atoms with Crippen molar-refractivity contribution in [1.29, 1.82) is 0 Å². The van der Waals surface area contributed by atoms with E-state index in [1.54, 1.807) is 7.11 Å². The number of halogens is 1. The maximum absolute atomic E-state index is 5.08. The molecule has 0 bridgehead atoms. The van der Waals surface area contributed by atoms with Gasteiger partial charge in [-0.1, -0.05) is 0 Å². The molecule has 0 amide bonds. The van der Waals surface area contributed by atoms with E-state index in [4.69, 9.17) is 4.74 Å². The molecule has 0 radical (unpaired) electrons. The molecule has 0 saturated heterocycles. The summed E-state index contributed by atoms with van der Waals surface area (Å²) in [5.41, 5.74) is 1.04. The summed E-state index contributed by atoms with van der Waals surface area (Å²) in [7, 11) is 1.66. The molecular weight excluding hydrogens is 291 g/mol. The van der Waals surface area contributed by atoms with Crippen LogP contribution in [0.1, 0.15) is 0 Å². The van der Waals surface area contributed by atoms with Crippen LogP contribution in [-0.4, -0.2) is 16.9 Å². The summed E-state index contributed by atoms with van der Waals surface area (Å²) in [5, 5.41) is 4.30. The van der Waals surface area contributed by atoms with Crippen molar-refractivity contribution in [1.82, 2.24) is 9.78 Å². The summed E-state index contributed by atoms with van der Waals surface area (Å²) >= 11 is 2.18. The fourth-order valence-corrected chi connectivity index (χ4v) is 1.57. The first-order chi connectivity index (χ1) is 6.79. The van der Waals surface area contributed by atoms with Crippen LogP contribution in [0, 0.1) is 3.70 Å². The Morgan fingerprint density at radius 2 is 1.93 bits per heavy atom. The minimum atomic E-state index is 0.857.